The fraction of sp³-hybridized carbons (Fsp3) is 0.650. The van der Waals surface area contributed by atoms with Crippen LogP contribution in [-0.2, 0) is 13.0 Å². The van der Waals surface area contributed by atoms with E-state index in [2.05, 4.69) is 46.3 Å². The molecule has 0 atom stereocenters. The van der Waals surface area contributed by atoms with Crippen molar-refractivity contribution in [1.29, 1.82) is 0 Å². The standard InChI is InChI=1S/C20H32N4O.HI/c1-2-21-20(22-11-5-12-23-13-9-19(25)10-14-23)24-15-8-17-6-3-4-7-18(17)16-24;/h3-4,6-7,19,25H,2,5,8-16H2,1H3,(H,21,22);1H. The molecule has 2 heterocycles. The highest BCUT2D eigenvalue weighted by Gasteiger charge is 2.19. The molecule has 1 aromatic carbocycles. The zero-order valence-corrected chi connectivity index (χ0v) is 18.2. The Morgan fingerprint density at radius 2 is 1.92 bits per heavy atom. The Morgan fingerprint density at radius 1 is 1.19 bits per heavy atom. The summed E-state index contributed by atoms with van der Waals surface area (Å²) in [5.74, 6) is 1.05. The molecule has 3 rings (SSSR count). The molecule has 5 nitrogen and oxygen atoms in total. The average molecular weight is 472 g/mol. The molecular weight excluding hydrogens is 439 g/mol. The Kier molecular flexibility index (Phi) is 9.15. The molecule has 1 aromatic rings. The largest absolute Gasteiger partial charge is 0.393 e. The lowest BCUT2D eigenvalue weighted by atomic mass is 10.0. The molecule has 0 aliphatic carbocycles. The summed E-state index contributed by atoms with van der Waals surface area (Å²) in [6.45, 7) is 9.01. The summed E-state index contributed by atoms with van der Waals surface area (Å²) in [7, 11) is 0. The first kappa shape index (κ1) is 21.4. The lowest BCUT2D eigenvalue weighted by Gasteiger charge is -2.32. The zero-order chi connectivity index (χ0) is 17.5. The maximum absolute atomic E-state index is 9.58. The molecule has 0 amide bonds. The van der Waals surface area contributed by atoms with Gasteiger partial charge in [0.2, 0.25) is 0 Å². The third-order valence-corrected chi connectivity index (χ3v) is 5.22. The average Bonchev–Trinajstić information content (AvgIpc) is 2.65. The second kappa shape index (κ2) is 11.1. The summed E-state index contributed by atoms with van der Waals surface area (Å²) in [6.07, 6.45) is 3.92. The maximum atomic E-state index is 9.58. The highest BCUT2D eigenvalue weighted by molar-refractivity contribution is 14.0. The number of guanidine groups is 1. The fourth-order valence-corrected chi connectivity index (χ4v) is 3.72. The molecule has 0 spiro atoms. The Bertz CT molecular complexity index is 573. The summed E-state index contributed by atoms with van der Waals surface area (Å²) >= 11 is 0. The molecule has 146 valence electrons. The van der Waals surface area contributed by atoms with Crippen LogP contribution < -0.4 is 5.32 Å². The number of nitrogens with one attached hydrogen (secondary N) is 1. The summed E-state index contributed by atoms with van der Waals surface area (Å²) in [5, 5.41) is 13.0. The number of aliphatic imine (C=N–C) groups is 1. The van der Waals surface area contributed by atoms with E-state index in [0.29, 0.717) is 0 Å². The van der Waals surface area contributed by atoms with Gasteiger partial charge in [0.15, 0.2) is 5.96 Å². The van der Waals surface area contributed by atoms with E-state index < -0.39 is 0 Å². The van der Waals surface area contributed by atoms with Crippen LogP contribution in [0.15, 0.2) is 29.3 Å². The van der Waals surface area contributed by atoms with Gasteiger partial charge in [-0.05, 0) is 50.3 Å². The molecule has 2 N–H and O–H groups in total. The SMILES string of the molecule is CCNC(=NCCCN1CCC(O)CC1)N1CCc2ccccc2C1.I. The number of aliphatic hydroxyl groups excluding tert-OH is 1. The molecule has 1 fully saturated rings. The number of halogens is 1. The number of fused-ring (bicyclic) bond motifs is 1. The number of rotatable bonds is 5. The Hall–Kier alpha value is -0.860. The second-order valence-corrected chi connectivity index (χ2v) is 7.10. The third-order valence-electron chi connectivity index (χ3n) is 5.22. The topological polar surface area (TPSA) is 51.1 Å². The first-order chi connectivity index (χ1) is 12.3. The van der Waals surface area contributed by atoms with E-state index >= 15 is 0 Å². The van der Waals surface area contributed by atoms with E-state index in [4.69, 9.17) is 4.99 Å². The summed E-state index contributed by atoms with van der Waals surface area (Å²) in [6, 6.07) is 8.73. The summed E-state index contributed by atoms with van der Waals surface area (Å²) in [5.41, 5.74) is 2.90. The number of hydrogen-bond acceptors (Lipinski definition) is 3. The minimum Gasteiger partial charge on any atom is -0.393 e. The Morgan fingerprint density at radius 3 is 2.65 bits per heavy atom. The molecule has 0 radical (unpaired) electrons. The van der Waals surface area contributed by atoms with Crippen molar-refractivity contribution >= 4 is 29.9 Å². The molecule has 0 saturated carbocycles. The number of benzene rings is 1. The van der Waals surface area contributed by atoms with Crippen molar-refractivity contribution in [2.45, 2.75) is 45.3 Å². The molecular formula is C20H33IN4O. The van der Waals surface area contributed by atoms with E-state index in [1.54, 1.807) is 0 Å². The second-order valence-electron chi connectivity index (χ2n) is 7.10. The van der Waals surface area contributed by atoms with Crippen LogP contribution >= 0.6 is 24.0 Å². The summed E-state index contributed by atoms with van der Waals surface area (Å²) < 4.78 is 0. The van der Waals surface area contributed by atoms with Crippen LogP contribution in [0.4, 0.5) is 0 Å². The molecule has 2 aliphatic rings. The van der Waals surface area contributed by atoms with Crippen molar-refractivity contribution in [2.24, 2.45) is 4.99 Å². The molecule has 6 heteroatoms. The maximum Gasteiger partial charge on any atom is 0.194 e. The molecule has 0 bridgehead atoms. The van der Waals surface area contributed by atoms with E-state index in [-0.39, 0.29) is 30.1 Å². The van der Waals surface area contributed by atoms with Crippen molar-refractivity contribution < 1.29 is 5.11 Å². The van der Waals surface area contributed by atoms with Gasteiger partial charge in [-0.2, -0.15) is 0 Å². The van der Waals surface area contributed by atoms with Crippen LogP contribution in [0, 0.1) is 0 Å². The predicted molar refractivity (Wildman–Crippen MR) is 118 cm³/mol. The number of hydrogen-bond donors (Lipinski definition) is 2. The predicted octanol–water partition coefficient (Wildman–Crippen LogP) is 2.48. The molecule has 0 unspecified atom stereocenters. The molecule has 2 aliphatic heterocycles. The Labute approximate surface area is 174 Å². The van der Waals surface area contributed by atoms with Crippen LogP contribution in [0.25, 0.3) is 0 Å². The van der Waals surface area contributed by atoms with Crippen molar-refractivity contribution in [3.8, 4) is 0 Å². The van der Waals surface area contributed by atoms with Gasteiger partial charge in [0, 0.05) is 39.3 Å². The minimum atomic E-state index is -0.0865. The fourth-order valence-electron chi connectivity index (χ4n) is 3.72. The number of piperidine rings is 1. The molecule has 26 heavy (non-hydrogen) atoms. The summed E-state index contributed by atoms with van der Waals surface area (Å²) in [4.78, 5) is 9.69. The van der Waals surface area contributed by atoms with Crippen LogP contribution in [0.1, 0.15) is 37.3 Å². The van der Waals surface area contributed by atoms with E-state index in [1.807, 2.05) is 0 Å². The van der Waals surface area contributed by atoms with Gasteiger partial charge in [-0.25, -0.2) is 0 Å². The normalized spacial score (nSPS) is 19.0. The van der Waals surface area contributed by atoms with Crippen LogP contribution in [-0.4, -0.2) is 66.2 Å². The van der Waals surface area contributed by atoms with E-state index in [9.17, 15) is 5.11 Å². The van der Waals surface area contributed by atoms with Crippen LogP contribution in [0.2, 0.25) is 0 Å². The van der Waals surface area contributed by atoms with Crippen molar-refractivity contribution in [3.63, 3.8) is 0 Å². The Balaban J connectivity index is 0.00000243. The van der Waals surface area contributed by atoms with Crippen molar-refractivity contribution in [2.75, 3.05) is 39.3 Å². The van der Waals surface area contributed by atoms with Gasteiger partial charge in [-0.1, -0.05) is 24.3 Å². The third kappa shape index (κ3) is 6.09. The monoisotopic (exact) mass is 472 g/mol. The van der Waals surface area contributed by atoms with Crippen LogP contribution in [0.3, 0.4) is 0 Å². The zero-order valence-electron chi connectivity index (χ0n) is 15.9. The quantitative estimate of drug-likeness (QED) is 0.299. The van der Waals surface area contributed by atoms with Crippen molar-refractivity contribution in [3.05, 3.63) is 35.4 Å². The lowest BCUT2D eigenvalue weighted by molar-refractivity contribution is 0.0824. The number of aliphatic hydroxyl groups is 1. The minimum absolute atomic E-state index is 0. The van der Waals surface area contributed by atoms with E-state index in [0.717, 1.165) is 77.5 Å². The van der Waals surface area contributed by atoms with Gasteiger partial charge in [0.1, 0.15) is 0 Å². The lowest BCUT2D eigenvalue weighted by Crippen LogP contribution is -2.44. The number of likely N-dealkylation sites (tertiary alicyclic amines) is 1. The smallest absolute Gasteiger partial charge is 0.194 e. The first-order valence-corrected chi connectivity index (χ1v) is 9.76. The van der Waals surface area contributed by atoms with Gasteiger partial charge >= 0.3 is 0 Å². The van der Waals surface area contributed by atoms with Gasteiger partial charge < -0.3 is 20.2 Å². The van der Waals surface area contributed by atoms with Crippen LogP contribution in [0.5, 0.6) is 0 Å². The van der Waals surface area contributed by atoms with E-state index in [1.165, 1.54) is 11.1 Å². The number of nitrogens with zero attached hydrogens (tertiary/aromatic N) is 3. The first-order valence-electron chi connectivity index (χ1n) is 9.76. The van der Waals surface area contributed by atoms with Crippen molar-refractivity contribution in [1.82, 2.24) is 15.1 Å². The molecule has 1 saturated heterocycles. The van der Waals surface area contributed by atoms with Gasteiger partial charge in [0.25, 0.3) is 0 Å². The highest BCUT2D eigenvalue weighted by Crippen LogP contribution is 2.18. The van der Waals surface area contributed by atoms with Gasteiger partial charge in [-0.15, -0.1) is 24.0 Å². The van der Waals surface area contributed by atoms with Gasteiger partial charge in [0.05, 0.1) is 6.10 Å². The highest BCUT2D eigenvalue weighted by atomic mass is 127. The van der Waals surface area contributed by atoms with Gasteiger partial charge in [-0.3, -0.25) is 4.99 Å². The molecule has 0 aromatic heterocycles.